The number of ether oxygens (including phenoxy) is 1. The minimum Gasteiger partial charge on any atom is -0.504 e. The molecule has 1 fully saturated rings. The summed E-state index contributed by atoms with van der Waals surface area (Å²) in [5, 5.41) is 11.8. The molecule has 28 heavy (non-hydrogen) atoms. The Hall–Kier alpha value is -3.26. The largest absolute Gasteiger partial charge is 0.504 e. The van der Waals surface area contributed by atoms with Gasteiger partial charge >= 0.3 is 0 Å². The Labute approximate surface area is 166 Å². The number of methoxy groups -OCH3 is 1. The Bertz CT molecular complexity index is 969. The van der Waals surface area contributed by atoms with Gasteiger partial charge < -0.3 is 15.2 Å². The number of carbonyl (C=O) groups is 3. The molecule has 3 amide bonds. The fraction of sp³-hybridized carbons (Fsp3) is 0.150. The van der Waals surface area contributed by atoms with Crippen LogP contribution in [0.1, 0.15) is 11.1 Å². The fourth-order valence-corrected chi connectivity index (χ4v) is 3.39. The molecule has 144 valence electrons. The number of rotatable bonds is 5. The molecule has 2 N–H and O–H groups in total. The van der Waals surface area contributed by atoms with Crippen LogP contribution >= 0.6 is 11.8 Å². The third-order valence-electron chi connectivity index (χ3n) is 4.01. The van der Waals surface area contributed by atoms with E-state index in [1.54, 1.807) is 24.3 Å². The van der Waals surface area contributed by atoms with Crippen LogP contribution in [0.4, 0.5) is 10.5 Å². The van der Waals surface area contributed by atoms with E-state index in [4.69, 9.17) is 4.74 Å². The topological polar surface area (TPSA) is 95.9 Å². The number of thioether (sulfide) groups is 1. The first-order chi connectivity index (χ1) is 13.4. The summed E-state index contributed by atoms with van der Waals surface area (Å²) in [6.45, 7) is 1.57. The smallest absolute Gasteiger partial charge is 0.294 e. The number of aryl methyl sites for hydroxylation is 1. The molecule has 0 spiro atoms. The highest BCUT2D eigenvalue weighted by atomic mass is 32.2. The molecular formula is C20H18N2O5S. The number of imide groups is 1. The van der Waals surface area contributed by atoms with Crippen LogP contribution in [-0.2, 0) is 9.59 Å². The highest BCUT2D eigenvalue weighted by molar-refractivity contribution is 8.18. The van der Waals surface area contributed by atoms with Crippen molar-refractivity contribution in [3.05, 3.63) is 58.5 Å². The van der Waals surface area contributed by atoms with Gasteiger partial charge in [0, 0.05) is 5.69 Å². The van der Waals surface area contributed by atoms with Crippen LogP contribution in [0.3, 0.4) is 0 Å². The van der Waals surface area contributed by atoms with Crippen molar-refractivity contribution in [2.75, 3.05) is 19.0 Å². The number of hydrogen-bond donors (Lipinski definition) is 2. The number of amides is 3. The Morgan fingerprint density at radius 3 is 2.61 bits per heavy atom. The average Bonchev–Trinajstić information content (AvgIpc) is 2.92. The van der Waals surface area contributed by atoms with Gasteiger partial charge in [0.25, 0.3) is 11.1 Å². The predicted octanol–water partition coefficient (Wildman–Crippen LogP) is 3.38. The Balaban J connectivity index is 1.70. The lowest BCUT2D eigenvalue weighted by Crippen LogP contribution is -2.36. The number of phenolic OH excluding ortho intramolecular Hbond substituents is 1. The number of aromatic hydroxyl groups is 1. The zero-order valence-electron chi connectivity index (χ0n) is 15.3. The zero-order chi connectivity index (χ0) is 20.3. The van der Waals surface area contributed by atoms with E-state index in [1.165, 1.54) is 19.3 Å². The van der Waals surface area contributed by atoms with E-state index in [1.807, 2.05) is 19.1 Å². The molecule has 3 rings (SSSR count). The Morgan fingerprint density at radius 2 is 1.93 bits per heavy atom. The van der Waals surface area contributed by atoms with Gasteiger partial charge in [0.05, 0.1) is 12.0 Å². The lowest BCUT2D eigenvalue weighted by Gasteiger charge is -2.12. The molecule has 1 saturated heterocycles. The van der Waals surface area contributed by atoms with Crippen molar-refractivity contribution in [3.63, 3.8) is 0 Å². The van der Waals surface area contributed by atoms with E-state index in [2.05, 4.69) is 5.32 Å². The van der Waals surface area contributed by atoms with Gasteiger partial charge in [-0.15, -0.1) is 0 Å². The van der Waals surface area contributed by atoms with E-state index < -0.39 is 17.1 Å². The molecule has 0 aromatic heterocycles. The molecule has 8 heteroatoms. The van der Waals surface area contributed by atoms with Crippen LogP contribution in [-0.4, -0.2) is 40.7 Å². The normalized spacial score (nSPS) is 15.2. The molecule has 1 aliphatic heterocycles. The number of nitrogens with zero attached hydrogens (tertiary/aromatic N) is 1. The molecule has 0 aliphatic carbocycles. The monoisotopic (exact) mass is 398 g/mol. The van der Waals surface area contributed by atoms with Crippen molar-refractivity contribution >= 4 is 40.6 Å². The zero-order valence-corrected chi connectivity index (χ0v) is 16.1. The van der Waals surface area contributed by atoms with Crippen LogP contribution in [0.2, 0.25) is 0 Å². The minimum absolute atomic E-state index is 0.0273. The first-order valence-corrected chi connectivity index (χ1v) is 9.18. The molecule has 1 heterocycles. The second-order valence-corrected chi connectivity index (χ2v) is 7.11. The first kappa shape index (κ1) is 19.5. The molecule has 7 nitrogen and oxygen atoms in total. The van der Waals surface area contributed by atoms with Crippen molar-refractivity contribution in [3.8, 4) is 11.5 Å². The van der Waals surface area contributed by atoms with Gasteiger partial charge in [-0.2, -0.15) is 0 Å². The molecule has 0 saturated carbocycles. The van der Waals surface area contributed by atoms with Gasteiger partial charge in [-0.25, -0.2) is 0 Å². The Morgan fingerprint density at radius 1 is 1.21 bits per heavy atom. The summed E-state index contributed by atoms with van der Waals surface area (Å²) in [4.78, 5) is 38.0. The maximum absolute atomic E-state index is 12.5. The van der Waals surface area contributed by atoms with E-state index in [0.717, 1.165) is 22.2 Å². The summed E-state index contributed by atoms with van der Waals surface area (Å²) in [6, 6.07) is 11.8. The van der Waals surface area contributed by atoms with Gasteiger partial charge in [0.1, 0.15) is 6.54 Å². The molecule has 2 aromatic carbocycles. The lowest BCUT2D eigenvalue weighted by molar-refractivity contribution is -0.127. The summed E-state index contributed by atoms with van der Waals surface area (Å²) < 4.78 is 5.03. The van der Waals surface area contributed by atoms with Gasteiger partial charge in [-0.1, -0.05) is 23.8 Å². The van der Waals surface area contributed by atoms with Gasteiger partial charge in [0.15, 0.2) is 11.5 Å². The molecule has 1 aliphatic rings. The van der Waals surface area contributed by atoms with Crippen LogP contribution in [0.15, 0.2) is 47.4 Å². The van der Waals surface area contributed by atoms with Crippen LogP contribution in [0.5, 0.6) is 11.5 Å². The van der Waals surface area contributed by atoms with Crippen LogP contribution in [0.25, 0.3) is 6.08 Å². The number of nitrogens with one attached hydrogen (secondary N) is 1. The predicted molar refractivity (Wildman–Crippen MR) is 107 cm³/mol. The number of phenols is 1. The number of benzene rings is 2. The van der Waals surface area contributed by atoms with E-state index in [-0.39, 0.29) is 22.9 Å². The van der Waals surface area contributed by atoms with Crippen molar-refractivity contribution in [2.45, 2.75) is 6.92 Å². The van der Waals surface area contributed by atoms with E-state index >= 15 is 0 Å². The molecule has 0 radical (unpaired) electrons. The SMILES string of the molecule is COc1cc(C=C2SC(=O)N(CC(=O)Nc3ccc(C)cc3)C2=O)ccc1O. The van der Waals surface area contributed by atoms with Crippen LogP contribution in [0, 0.1) is 6.92 Å². The summed E-state index contributed by atoms with van der Waals surface area (Å²) in [7, 11) is 1.42. The summed E-state index contributed by atoms with van der Waals surface area (Å²) in [6.07, 6.45) is 1.52. The highest BCUT2D eigenvalue weighted by Crippen LogP contribution is 2.34. The molecule has 0 atom stereocenters. The van der Waals surface area contributed by atoms with Gasteiger partial charge in [-0.3, -0.25) is 19.3 Å². The molecule has 0 bridgehead atoms. The Kier molecular flexibility index (Phi) is 5.70. The van der Waals surface area contributed by atoms with Crippen LogP contribution < -0.4 is 10.1 Å². The van der Waals surface area contributed by atoms with Crippen molar-refractivity contribution in [2.24, 2.45) is 0 Å². The quantitative estimate of drug-likeness (QED) is 0.750. The number of hydrogen-bond acceptors (Lipinski definition) is 6. The third kappa shape index (κ3) is 4.34. The second kappa shape index (κ2) is 8.18. The van der Waals surface area contributed by atoms with Crippen molar-refractivity contribution in [1.29, 1.82) is 0 Å². The summed E-state index contributed by atoms with van der Waals surface area (Å²) in [5.41, 5.74) is 2.23. The van der Waals surface area contributed by atoms with Crippen molar-refractivity contribution in [1.82, 2.24) is 4.90 Å². The first-order valence-electron chi connectivity index (χ1n) is 8.36. The maximum atomic E-state index is 12.5. The fourth-order valence-electron chi connectivity index (χ4n) is 2.55. The van der Waals surface area contributed by atoms with Gasteiger partial charge in [0.2, 0.25) is 5.91 Å². The maximum Gasteiger partial charge on any atom is 0.294 e. The standard InChI is InChI=1S/C20H18N2O5S/c1-12-3-6-14(7-4-12)21-18(24)11-22-19(25)17(28-20(22)26)10-13-5-8-15(23)16(9-13)27-2/h3-10,23H,11H2,1-2H3,(H,21,24). The second-order valence-electron chi connectivity index (χ2n) is 6.11. The number of anilines is 1. The van der Waals surface area contributed by atoms with Crippen molar-refractivity contribution < 1.29 is 24.2 Å². The molecular weight excluding hydrogens is 380 g/mol. The van der Waals surface area contributed by atoms with E-state index in [0.29, 0.717) is 11.3 Å². The number of carbonyl (C=O) groups excluding carboxylic acids is 3. The van der Waals surface area contributed by atoms with E-state index in [9.17, 15) is 19.5 Å². The summed E-state index contributed by atoms with van der Waals surface area (Å²) in [5.74, 6) is -0.772. The minimum atomic E-state index is -0.541. The summed E-state index contributed by atoms with van der Waals surface area (Å²) >= 11 is 0.760. The lowest BCUT2D eigenvalue weighted by atomic mass is 10.2. The molecule has 2 aromatic rings. The highest BCUT2D eigenvalue weighted by Gasteiger charge is 2.36. The average molecular weight is 398 g/mol. The molecule has 0 unspecified atom stereocenters. The third-order valence-corrected chi connectivity index (χ3v) is 4.92. The van der Waals surface area contributed by atoms with Gasteiger partial charge in [-0.05, 0) is 54.6 Å².